The summed E-state index contributed by atoms with van der Waals surface area (Å²) in [4.78, 5) is 36.5. The molecular formula is C19H32N2O5. The van der Waals surface area contributed by atoms with Gasteiger partial charge < -0.3 is 20.5 Å². The average Bonchev–Trinajstić information content (AvgIpc) is 2.56. The molecular weight excluding hydrogens is 336 g/mol. The Morgan fingerprint density at radius 3 is 2.81 bits per heavy atom. The van der Waals surface area contributed by atoms with Gasteiger partial charge in [-0.1, -0.05) is 12.2 Å². The molecule has 2 atom stereocenters. The second-order valence-electron chi connectivity index (χ2n) is 7.54. The van der Waals surface area contributed by atoms with Gasteiger partial charge in [0, 0.05) is 18.9 Å². The molecule has 0 spiro atoms. The molecule has 1 aliphatic rings. The van der Waals surface area contributed by atoms with E-state index in [1.807, 2.05) is 12.2 Å². The van der Waals surface area contributed by atoms with E-state index in [2.05, 4.69) is 10.6 Å². The number of aliphatic hydroxyl groups excluding tert-OH is 1. The topological polar surface area (TPSA) is 105 Å². The lowest BCUT2D eigenvalue weighted by Crippen LogP contribution is -2.50. The Labute approximate surface area is 155 Å². The first kappa shape index (κ1) is 22.2. The number of rotatable bonds is 4. The predicted octanol–water partition coefficient (Wildman–Crippen LogP) is 1.45. The van der Waals surface area contributed by atoms with Crippen molar-refractivity contribution in [3.63, 3.8) is 0 Å². The van der Waals surface area contributed by atoms with Gasteiger partial charge in [-0.05, 0) is 46.5 Å². The summed E-state index contributed by atoms with van der Waals surface area (Å²) in [6.07, 6.45) is 7.24. The Morgan fingerprint density at radius 2 is 2.12 bits per heavy atom. The van der Waals surface area contributed by atoms with Crippen LogP contribution in [0.2, 0.25) is 0 Å². The number of esters is 1. The van der Waals surface area contributed by atoms with Gasteiger partial charge in [0.15, 0.2) is 0 Å². The number of hydrogen-bond acceptors (Lipinski definition) is 5. The molecule has 0 saturated carbocycles. The molecule has 0 aliphatic carbocycles. The van der Waals surface area contributed by atoms with Gasteiger partial charge in [0.05, 0.1) is 18.1 Å². The lowest BCUT2D eigenvalue weighted by Gasteiger charge is -2.28. The monoisotopic (exact) mass is 368 g/mol. The maximum absolute atomic E-state index is 12.7. The molecule has 0 aromatic rings. The van der Waals surface area contributed by atoms with Crippen LogP contribution in [0, 0.1) is 5.92 Å². The predicted molar refractivity (Wildman–Crippen MR) is 98.2 cm³/mol. The molecule has 7 nitrogen and oxygen atoms in total. The van der Waals surface area contributed by atoms with Gasteiger partial charge in [-0.3, -0.25) is 14.4 Å². The van der Waals surface area contributed by atoms with Crippen LogP contribution < -0.4 is 10.6 Å². The van der Waals surface area contributed by atoms with Crippen molar-refractivity contribution in [3.05, 3.63) is 12.2 Å². The van der Waals surface area contributed by atoms with Crippen LogP contribution >= 0.6 is 0 Å². The number of carbonyl (C=O) groups excluding carboxylic acids is 3. The van der Waals surface area contributed by atoms with Crippen molar-refractivity contribution in [1.82, 2.24) is 10.6 Å². The molecule has 2 amide bonds. The van der Waals surface area contributed by atoms with E-state index < -0.39 is 11.5 Å². The van der Waals surface area contributed by atoms with Crippen LogP contribution in [0.15, 0.2) is 12.2 Å². The number of aliphatic hydroxyl groups is 1. The lowest BCUT2D eigenvalue weighted by molar-refractivity contribution is -0.147. The molecule has 26 heavy (non-hydrogen) atoms. The van der Waals surface area contributed by atoms with Crippen LogP contribution in [-0.4, -0.2) is 47.7 Å². The van der Waals surface area contributed by atoms with Crippen molar-refractivity contribution in [1.29, 1.82) is 0 Å². The largest absolute Gasteiger partial charge is 0.463 e. The number of allylic oxidation sites excluding steroid dienone is 2. The molecule has 0 aromatic heterocycles. The van der Waals surface area contributed by atoms with E-state index in [-0.39, 0.29) is 43.5 Å². The molecule has 7 heteroatoms. The van der Waals surface area contributed by atoms with E-state index in [1.54, 1.807) is 20.8 Å². The lowest BCUT2D eigenvalue weighted by atomic mass is 9.96. The Bertz CT molecular complexity index is 516. The fourth-order valence-electron chi connectivity index (χ4n) is 2.60. The summed E-state index contributed by atoms with van der Waals surface area (Å²) < 4.78 is 5.26. The van der Waals surface area contributed by atoms with Gasteiger partial charge in [-0.15, -0.1) is 0 Å². The second-order valence-corrected chi connectivity index (χ2v) is 7.54. The third-order valence-corrected chi connectivity index (χ3v) is 4.13. The number of hydrogen-bond donors (Lipinski definition) is 3. The first-order valence-electron chi connectivity index (χ1n) is 9.26. The molecule has 0 aromatic carbocycles. The summed E-state index contributed by atoms with van der Waals surface area (Å²) in [7, 11) is 0. The molecule has 0 bridgehead atoms. The van der Waals surface area contributed by atoms with Crippen LogP contribution in [0.1, 0.15) is 59.3 Å². The zero-order chi connectivity index (χ0) is 19.6. The smallest absolute Gasteiger partial charge is 0.305 e. The highest BCUT2D eigenvalue weighted by Gasteiger charge is 2.28. The van der Waals surface area contributed by atoms with E-state index in [0.29, 0.717) is 12.8 Å². The maximum Gasteiger partial charge on any atom is 0.305 e. The van der Waals surface area contributed by atoms with Crippen molar-refractivity contribution >= 4 is 17.8 Å². The Balaban J connectivity index is 2.81. The van der Waals surface area contributed by atoms with Crippen LogP contribution in [0.3, 0.4) is 0 Å². The van der Waals surface area contributed by atoms with Crippen LogP contribution in [0.5, 0.6) is 0 Å². The minimum atomic E-state index is -0.715. The highest BCUT2D eigenvalue weighted by Crippen LogP contribution is 2.15. The molecule has 3 N–H and O–H groups in total. The SMILES string of the molecule is CC(CO)NC(=O)CC1CC=CCCCCC(=O)OCC(C)(C)NC1=O. The van der Waals surface area contributed by atoms with Crippen molar-refractivity contribution < 1.29 is 24.2 Å². The first-order chi connectivity index (χ1) is 12.2. The summed E-state index contributed by atoms with van der Waals surface area (Å²) >= 11 is 0. The van der Waals surface area contributed by atoms with E-state index in [0.717, 1.165) is 19.3 Å². The highest BCUT2D eigenvalue weighted by atomic mass is 16.5. The van der Waals surface area contributed by atoms with Gasteiger partial charge >= 0.3 is 5.97 Å². The van der Waals surface area contributed by atoms with E-state index in [4.69, 9.17) is 9.84 Å². The van der Waals surface area contributed by atoms with E-state index in [1.165, 1.54) is 0 Å². The van der Waals surface area contributed by atoms with Crippen LogP contribution in [0.4, 0.5) is 0 Å². The molecule has 1 aliphatic heterocycles. The van der Waals surface area contributed by atoms with Crippen molar-refractivity contribution in [2.45, 2.75) is 70.9 Å². The number of nitrogens with one attached hydrogen (secondary N) is 2. The summed E-state index contributed by atoms with van der Waals surface area (Å²) in [5.74, 6) is -1.30. The number of amides is 2. The number of ether oxygens (including phenoxy) is 1. The van der Waals surface area contributed by atoms with E-state index in [9.17, 15) is 14.4 Å². The third kappa shape index (κ3) is 8.99. The van der Waals surface area contributed by atoms with Crippen molar-refractivity contribution in [2.24, 2.45) is 5.92 Å². The third-order valence-electron chi connectivity index (χ3n) is 4.13. The maximum atomic E-state index is 12.7. The summed E-state index contributed by atoms with van der Waals surface area (Å²) in [5.41, 5.74) is -0.715. The molecule has 2 unspecified atom stereocenters. The van der Waals surface area contributed by atoms with Gasteiger partial charge in [-0.25, -0.2) is 0 Å². The molecule has 0 fully saturated rings. The van der Waals surface area contributed by atoms with Gasteiger partial charge in [0.1, 0.15) is 6.61 Å². The zero-order valence-corrected chi connectivity index (χ0v) is 16.0. The zero-order valence-electron chi connectivity index (χ0n) is 16.0. The van der Waals surface area contributed by atoms with Crippen molar-refractivity contribution in [3.8, 4) is 0 Å². The summed E-state index contributed by atoms with van der Waals surface area (Å²) in [5, 5.41) is 14.6. The standard InChI is InChI=1S/C19H32N2O5/c1-14(12-22)20-16(23)11-15-9-7-5-4-6-8-10-17(24)26-13-19(2,3)21-18(15)25/h5,7,14-15,22H,4,6,8-13H2,1-3H3,(H,20,23)(H,21,25). The fraction of sp³-hybridized carbons (Fsp3) is 0.737. The average molecular weight is 368 g/mol. The van der Waals surface area contributed by atoms with Gasteiger partial charge in [0.25, 0.3) is 0 Å². The van der Waals surface area contributed by atoms with E-state index >= 15 is 0 Å². The second kappa shape index (κ2) is 11.0. The first-order valence-corrected chi connectivity index (χ1v) is 9.26. The van der Waals surface area contributed by atoms with Crippen molar-refractivity contribution in [2.75, 3.05) is 13.2 Å². The Hall–Kier alpha value is -1.89. The van der Waals surface area contributed by atoms with Crippen LogP contribution in [0.25, 0.3) is 0 Å². The summed E-state index contributed by atoms with van der Waals surface area (Å²) in [6, 6.07) is -0.351. The van der Waals surface area contributed by atoms with Gasteiger partial charge in [-0.2, -0.15) is 0 Å². The fourth-order valence-corrected chi connectivity index (χ4v) is 2.60. The molecule has 1 heterocycles. The highest BCUT2D eigenvalue weighted by molar-refractivity contribution is 5.86. The Kier molecular flexibility index (Phi) is 9.34. The number of carbonyl (C=O) groups is 3. The Morgan fingerprint density at radius 1 is 1.38 bits per heavy atom. The van der Waals surface area contributed by atoms with Crippen LogP contribution in [-0.2, 0) is 19.1 Å². The normalized spacial score (nSPS) is 23.3. The molecule has 0 saturated heterocycles. The minimum Gasteiger partial charge on any atom is -0.463 e. The minimum absolute atomic E-state index is 0.0381. The molecule has 148 valence electrons. The number of cyclic esters (lactones) is 1. The summed E-state index contributed by atoms with van der Waals surface area (Å²) in [6.45, 7) is 5.20. The molecule has 1 rings (SSSR count). The molecule has 0 radical (unpaired) electrons. The quantitative estimate of drug-likeness (QED) is 0.515. The van der Waals surface area contributed by atoms with Gasteiger partial charge in [0.2, 0.25) is 11.8 Å².